The molecule has 0 saturated heterocycles. The highest BCUT2D eigenvalue weighted by molar-refractivity contribution is 7.90. The van der Waals surface area contributed by atoms with Crippen molar-refractivity contribution in [2.45, 2.75) is 18.1 Å². The van der Waals surface area contributed by atoms with Crippen LogP contribution in [0.25, 0.3) is 16.7 Å². The zero-order valence-corrected chi connectivity index (χ0v) is 16.8. The third-order valence-corrected chi connectivity index (χ3v) is 7.21. The largest absolute Gasteiger partial charge is 0.289 e. The molecule has 2 aromatic carbocycles. The smallest absolute Gasteiger partial charge is 0.263 e. The second kappa shape index (κ2) is 9.17. The molecule has 1 aliphatic heterocycles. The van der Waals surface area contributed by atoms with Crippen LogP contribution < -0.4 is 5.48 Å². The van der Waals surface area contributed by atoms with E-state index in [-0.39, 0.29) is 19.5 Å². The van der Waals surface area contributed by atoms with Crippen molar-refractivity contribution < 1.29 is 18.4 Å². The lowest BCUT2D eigenvalue weighted by molar-refractivity contribution is -0.128. The number of hydroxylamine groups is 1. The number of hydrogen-bond acceptors (Lipinski definition) is 4. The molecule has 2 N–H and O–H groups in total. The van der Waals surface area contributed by atoms with Gasteiger partial charge in [0.25, 0.3) is 5.91 Å². The van der Waals surface area contributed by atoms with Crippen molar-refractivity contribution in [1.82, 2.24) is 9.79 Å². The van der Waals surface area contributed by atoms with Crippen molar-refractivity contribution in [2.24, 2.45) is 0 Å². The Hall–Kier alpha value is -2.74. The van der Waals surface area contributed by atoms with Gasteiger partial charge < -0.3 is 0 Å². The summed E-state index contributed by atoms with van der Waals surface area (Å²) in [6.45, 7) is 3.96. The van der Waals surface area contributed by atoms with E-state index in [4.69, 9.17) is 5.21 Å². The van der Waals surface area contributed by atoms with Crippen LogP contribution in [-0.2, 0) is 14.8 Å². The minimum Gasteiger partial charge on any atom is -0.289 e. The van der Waals surface area contributed by atoms with Gasteiger partial charge in [-0.15, -0.1) is 6.58 Å². The van der Waals surface area contributed by atoms with Crippen LogP contribution in [0.15, 0.2) is 73.3 Å². The van der Waals surface area contributed by atoms with E-state index in [1.165, 1.54) is 15.9 Å². The molecule has 0 fully saturated rings. The third-order valence-electron chi connectivity index (χ3n) is 5.04. The quantitative estimate of drug-likeness (QED) is 0.415. The molecule has 29 heavy (non-hydrogen) atoms. The van der Waals surface area contributed by atoms with Crippen LogP contribution >= 0.6 is 0 Å². The molecular formula is C22H24N2O4S. The maximum Gasteiger partial charge on any atom is 0.263 e. The first-order chi connectivity index (χ1) is 14.0. The van der Waals surface area contributed by atoms with Gasteiger partial charge in [0.1, 0.15) is 0 Å². The minimum absolute atomic E-state index is 0.0667. The molecule has 7 heteroatoms. The van der Waals surface area contributed by atoms with Crippen molar-refractivity contribution in [3.63, 3.8) is 0 Å². The van der Waals surface area contributed by atoms with E-state index in [1.54, 1.807) is 0 Å². The maximum absolute atomic E-state index is 12.8. The van der Waals surface area contributed by atoms with Gasteiger partial charge in [-0.05, 0) is 35.1 Å². The normalized spacial score (nSPS) is 16.0. The number of sulfonamides is 1. The first-order valence-electron chi connectivity index (χ1n) is 9.36. The van der Waals surface area contributed by atoms with E-state index < -0.39 is 21.2 Å². The molecule has 6 nitrogen and oxygen atoms in total. The number of nitrogens with zero attached hydrogens (tertiary/aromatic N) is 1. The Morgan fingerprint density at radius 1 is 1.10 bits per heavy atom. The number of allylic oxidation sites excluding steroid dienone is 1. The van der Waals surface area contributed by atoms with Gasteiger partial charge in [-0.1, -0.05) is 66.7 Å². The highest BCUT2D eigenvalue weighted by Gasteiger charge is 2.37. The molecule has 1 amide bonds. The van der Waals surface area contributed by atoms with Crippen molar-refractivity contribution in [3.05, 3.63) is 78.9 Å². The predicted molar refractivity (Wildman–Crippen MR) is 113 cm³/mol. The summed E-state index contributed by atoms with van der Waals surface area (Å²) in [6, 6.07) is 18.3. The van der Waals surface area contributed by atoms with Crippen LogP contribution in [0.3, 0.4) is 0 Å². The second-order valence-corrected chi connectivity index (χ2v) is 8.93. The van der Waals surface area contributed by atoms with Crippen LogP contribution in [0.2, 0.25) is 0 Å². The van der Waals surface area contributed by atoms with Gasteiger partial charge in [0.15, 0.2) is 5.25 Å². The first kappa shape index (κ1) is 21.0. The summed E-state index contributed by atoms with van der Waals surface area (Å²) >= 11 is 0. The Labute approximate surface area is 171 Å². The van der Waals surface area contributed by atoms with Crippen LogP contribution in [0.5, 0.6) is 0 Å². The molecule has 0 spiro atoms. The van der Waals surface area contributed by atoms with Crippen molar-refractivity contribution in [3.8, 4) is 11.1 Å². The molecule has 0 aromatic heterocycles. The van der Waals surface area contributed by atoms with E-state index in [2.05, 4.69) is 30.8 Å². The highest BCUT2D eigenvalue weighted by Crippen LogP contribution is 2.27. The number of carbonyl (C=O) groups is 1. The lowest BCUT2D eigenvalue weighted by Gasteiger charge is -2.29. The lowest BCUT2D eigenvalue weighted by Crippen LogP contribution is -2.47. The molecule has 0 bridgehead atoms. The number of nitrogens with one attached hydrogen (secondary N) is 1. The average Bonchev–Trinajstić information content (AvgIpc) is 2.77. The Bertz CT molecular complexity index is 999. The van der Waals surface area contributed by atoms with Crippen LogP contribution in [-0.4, -0.2) is 42.2 Å². The molecule has 0 aliphatic carbocycles. The minimum atomic E-state index is -3.90. The van der Waals surface area contributed by atoms with Crippen molar-refractivity contribution >= 4 is 21.5 Å². The molecule has 3 rings (SSSR count). The van der Waals surface area contributed by atoms with Gasteiger partial charge in [0.2, 0.25) is 10.0 Å². The molecule has 0 saturated carbocycles. The van der Waals surface area contributed by atoms with Crippen molar-refractivity contribution in [1.29, 1.82) is 0 Å². The Kier molecular flexibility index (Phi) is 6.64. The molecule has 0 radical (unpaired) electrons. The summed E-state index contributed by atoms with van der Waals surface area (Å²) in [5, 5.41) is 7.48. The molecule has 1 heterocycles. The average molecular weight is 413 g/mol. The molecule has 1 atom stereocenters. The van der Waals surface area contributed by atoms with Crippen LogP contribution in [0, 0.1) is 0 Å². The topological polar surface area (TPSA) is 86.7 Å². The third kappa shape index (κ3) is 4.64. The van der Waals surface area contributed by atoms with E-state index in [0.29, 0.717) is 6.42 Å². The summed E-state index contributed by atoms with van der Waals surface area (Å²) in [7, 11) is -3.90. The summed E-state index contributed by atoms with van der Waals surface area (Å²) in [4.78, 5) is 11.8. The summed E-state index contributed by atoms with van der Waals surface area (Å²) < 4.78 is 26.9. The fourth-order valence-corrected chi connectivity index (χ4v) is 5.11. The van der Waals surface area contributed by atoms with Gasteiger partial charge >= 0.3 is 0 Å². The van der Waals surface area contributed by atoms with Crippen LogP contribution in [0.4, 0.5) is 0 Å². The zero-order chi connectivity index (χ0) is 20.9. The summed E-state index contributed by atoms with van der Waals surface area (Å²) in [5.41, 5.74) is 5.83. The van der Waals surface area contributed by atoms with Crippen molar-refractivity contribution in [2.75, 3.05) is 13.1 Å². The number of rotatable bonds is 7. The van der Waals surface area contributed by atoms with Gasteiger partial charge in [0.05, 0.1) is 0 Å². The fraction of sp³-hybridized carbons (Fsp3) is 0.227. The number of amides is 1. The molecule has 152 valence electrons. The Morgan fingerprint density at radius 2 is 1.72 bits per heavy atom. The second-order valence-electron chi connectivity index (χ2n) is 6.81. The van der Waals surface area contributed by atoms with Crippen LogP contribution in [0.1, 0.15) is 18.4 Å². The Morgan fingerprint density at radius 3 is 2.28 bits per heavy atom. The monoisotopic (exact) mass is 412 g/mol. The maximum atomic E-state index is 12.8. The molecular weight excluding hydrogens is 388 g/mol. The Balaban J connectivity index is 1.75. The zero-order valence-electron chi connectivity index (χ0n) is 16.0. The lowest BCUT2D eigenvalue weighted by atomic mass is 9.97. The summed E-state index contributed by atoms with van der Waals surface area (Å²) in [6.07, 6.45) is 3.71. The number of hydrogen-bond donors (Lipinski definition) is 2. The highest BCUT2D eigenvalue weighted by atomic mass is 32.2. The van der Waals surface area contributed by atoms with E-state index in [0.717, 1.165) is 22.3 Å². The first-order valence-corrected chi connectivity index (χ1v) is 10.9. The van der Waals surface area contributed by atoms with Gasteiger partial charge in [0, 0.05) is 13.1 Å². The molecule has 0 unspecified atom stereocenters. The van der Waals surface area contributed by atoms with Gasteiger partial charge in [-0.25, -0.2) is 13.9 Å². The summed E-state index contributed by atoms with van der Waals surface area (Å²) in [5.74, 6) is -0.948. The van der Waals surface area contributed by atoms with E-state index in [9.17, 15) is 13.2 Å². The van der Waals surface area contributed by atoms with Gasteiger partial charge in [-0.2, -0.15) is 4.31 Å². The SMILES string of the molecule is C=CC[C@@H](C(=O)NO)S(=O)(=O)N1CC=C(c2ccc(-c3ccccc3)cc2)CC1. The molecule has 2 aromatic rings. The number of benzene rings is 2. The van der Waals surface area contributed by atoms with E-state index in [1.807, 2.05) is 36.4 Å². The molecule has 1 aliphatic rings. The standard InChI is InChI=1S/C22H24N2O4S/c1-2-6-21(22(25)23-26)29(27,28)24-15-13-20(14-16-24)19-11-9-18(10-12-19)17-7-4-3-5-8-17/h2-5,7-13,21,26H,1,6,14-16H2,(H,23,25)/t21-/m0/s1. The van der Waals surface area contributed by atoms with E-state index >= 15 is 0 Å². The predicted octanol–water partition coefficient (Wildman–Crippen LogP) is 3.22. The van der Waals surface area contributed by atoms with Gasteiger partial charge in [-0.3, -0.25) is 10.0 Å². The number of carbonyl (C=O) groups excluding carboxylic acids is 1. The fourth-order valence-electron chi connectivity index (χ4n) is 3.42.